The monoisotopic (exact) mass is 686 g/mol. The van der Waals surface area contributed by atoms with Crippen LogP contribution >= 0.6 is 0 Å². The number of hydrogen-bond donors (Lipinski definition) is 2. The Balaban J connectivity index is 1.35. The van der Waals surface area contributed by atoms with Gasteiger partial charge in [0.25, 0.3) is 0 Å². The summed E-state index contributed by atoms with van der Waals surface area (Å²) in [5, 5.41) is 24.9. The van der Waals surface area contributed by atoms with Crippen LogP contribution in [-0.2, 0) is 18.3 Å². The highest BCUT2D eigenvalue weighted by Crippen LogP contribution is 2.58. The zero-order chi connectivity index (χ0) is 36.1. The van der Waals surface area contributed by atoms with E-state index in [0.717, 1.165) is 47.2 Å². The van der Waals surface area contributed by atoms with Gasteiger partial charge in [-0.15, -0.1) is 0 Å². The average Bonchev–Trinajstić information content (AvgIpc) is 3.48. The van der Waals surface area contributed by atoms with Crippen LogP contribution in [0.4, 0.5) is 0 Å². The molecular weight excluding hydrogens is 645 g/mol. The predicted octanol–water partition coefficient (Wildman–Crippen LogP) is 13.0. The van der Waals surface area contributed by atoms with Crippen LogP contribution in [-0.4, -0.2) is 10.2 Å². The van der Waals surface area contributed by atoms with Crippen LogP contribution in [0, 0.1) is 0 Å². The van der Waals surface area contributed by atoms with E-state index in [4.69, 9.17) is 0 Å². The molecule has 0 radical (unpaired) electrons. The van der Waals surface area contributed by atoms with Gasteiger partial charge in [-0.05, 0) is 150 Å². The van der Waals surface area contributed by atoms with Crippen LogP contribution in [0.3, 0.4) is 0 Å². The molecule has 258 valence electrons. The van der Waals surface area contributed by atoms with E-state index in [1.165, 1.54) is 66.8 Å². The molecule has 0 saturated heterocycles. The SMILES string of the molecule is CCCc1ccc(-c2ccc3c(c2)C(c2ccc4cc(O)ccc4c2)(c2ccc4cc(O)ccc4c2)c2cc(-c4ccc(CCC)cc4)ccc2-3)cc1. The van der Waals surface area contributed by atoms with Crippen molar-refractivity contribution in [2.75, 3.05) is 0 Å². The molecule has 0 saturated carbocycles. The third-order valence-electron chi connectivity index (χ3n) is 11.3. The number of aromatic hydroxyl groups is 2. The first-order valence-electron chi connectivity index (χ1n) is 18.9. The lowest BCUT2D eigenvalue weighted by Crippen LogP contribution is -2.28. The van der Waals surface area contributed by atoms with Crippen molar-refractivity contribution in [3.63, 3.8) is 0 Å². The van der Waals surface area contributed by atoms with Gasteiger partial charge in [0, 0.05) is 0 Å². The van der Waals surface area contributed by atoms with Crippen LogP contribution < -0.4 is 0 Å². The number of rotatable bonds is 8. The Hall–Kier alpha value is -6.12. The Morgan fingerprint density at radius 1 is 0.377 bits per heavy atom. The molecule has 8 aromatic rings. The molecule has 0 heterocycles. The smallest absolute Gasteiger partial charge is 0.116 e. The molecule has 9 rings (SSSR count). The molecule has 2 nitrogen and oxygen atoms in total. The highest BCUT2D eigenvalue weighted by atomic mass is 16.3. The molecule has 0 bridgehead atoms. The zero-order valence-electron chi connectivity index (χ0n) is 30.2. The van der Waals surface area contributed by atoms with Gasteiger partial charge >= 0.3 is 0 Å². The van der Waals surface area contributed by atoms with Gasteiger partial charge in [0.1, 0.15) is 11.5 Å². The molecule has 0 fully saturated rings. The number of phenolic OH excluding ortho intramolecular Hbond substituents is 2. The summed E-state index contributed by atoms with van der Waals surface area (Å²) in [7, 11) is 0. The van der Waals surface area contributed by atoms with E-state index in [2.05, 4.69) is 135 Å². The molecule has 0 amide bonds. The lowest BCUT2D eigenvalue weighted by Gasteiger charge is -2.35. The summed E-state index contributed by atoms with van der Waals surface area (Å²) >= 11 is 0. The fourth-order valence-corrected chi connectivity index (χ4v) is 8.71. The number of aryl methyl sites for hydroxylation is 2. The molecule has 0 atom stereocenters. The quantitative estimate of drug-likeness (QED) is 0.167. The fraction of sp³-hybridized carbons (Fsp3) is 0.137. The molecule has 2 heteroatoms. The van der Waals surface area contributed by atoms with Gasteiger partial charge in [-0.3, -0.25) is 0 Å². The van der Waals surface area contributed by atoms with E-state index < -0.39 is 5.41 Å². The Morgan fingerprint density at radius 2 is 0.755 bits per heavy atom. The van der Waals surface area contributed by atoms with Gasteiger partial charge in [0.05, 0.1) is 5.41 Å². The Kier molecular flexibility index (Phi) is 8.12. The largest absolute Gasteiger partial charge is 0.508 e. The molecule has 0 aromatic heterocycles. The van der Waals surface area contributed by atoms with Gasteiger partial charge in [0.2, 0.25) is 0 Å². The minimum atomic E-state index is -0.668. The topological polar surface area (TPSA) is 40.5 Å². The van der Waals surface area contributed by atoms with Gasteiger partial charge in [-0.25, -0.2) is 0 Å². The maximum atomic E-state index is 10.4. The standard InChI is InChI=1S/C51H42O2/c1-3-5-33-7-11-35(12-8-33)41-19-25-47-48-26-20-42(36-13-9-34(6-4-2)10-14-36)32-50(48)51(49(47)31-41,43-21-15-39-29-45(52)23-17-37(39)27-43)44-22-16-40-30-46(53)24-18-38(40)28-44/h7-32,52-53H,3-6H2,1-2H3. The summed E-state index contributed by atoms with van der Waals surface area (Å²) in [6.45, 7) is 4.45. The third kappa shape index (κ3) is 5.57. The number of benzene rings is 8. The second-order valence-corrected chi connectivity index (χ2v) is 14.7. The van der Waals surface area contributed by atoms with Crippen molar-refractivity contribution in [1.29, 1.82) is 0 Å². The normalized spacial score (nSPS) is 12.9. The second kappa shape index (κ2) is 13.1. The number of phenols is 2. The lowest BCUT2D eigenvalue weighted by atomic mass is 9.66. The first kappa shape index (κ1) is 32.8. The van der Waals surface area contributed by atoms with Gasteiger partial charge < -0.3 is 10.2 Å². The van der Waals surface area contributed by atoms with Crippen molar-refractivity contribution in [3.8, 4) is 44.9 Å². The maximum absolute atomic E-state index is 10.4. The lowest BCUT2D eigenvalue weighted by molar-refractivity contribution is 0.475. The Bertz CT molecular complexity index is 2460. The van der Waals surface area contributed by atoms with Crippen molar-refractivity contribution < 1.29 is 10.2 Å². The van der Waals surface area contributed by atoms with E-state index in [0.29, 0.717) is 0 Å². The van der Waals surface area contributed by atoms with Crippen molar-refractivity contribution >= 4 is 21.5 Å². The fourth-order valence-electron chi connectivity index (χ4n) is 8.71. The molecule has 1 aliphatic carbocycles. The summed E-state index contributed by atoms with van der Waals surface area (Å²) < 4.78 is 0. The maximum Gasteiger partial charge on any atom is 0.116 e. The van der Waals surface area contributed by atoms with Crippen LogP contribution in [0.2, 0.25) is 0 Å². The summed E-state index contributed by atoms with van der Waals surface area (Å²) in [5.74, 6) is 0.525. The first-order chi connectivity index (χ1) is 25.9. The molecule has 0 spiro atoms. The minimum Gasteiger partial charge on any atom is -0.508 e. The summed E-state index contributed by atoms with van der Waals surface area (Å²) in [6.07, 6.45) is 4.40. The predicted molar refractivity (Wildman–Crippen MR) is 221 cm³/mol. The Morgan fingerprint density at radius 3 is 1.17 bits per heavy atom. The van der Waals surface area contributed by atoms with E-state index in [9.17, 15) is 10.2 Å². The highest BCUT2D eigenvalue weighted by Gasteiger charge is 2.46. The van der Waals surface area contributed by atoms with Crippen LogP contribution in [0.25, 0.3) is 54.9 Å². The number of hydrogen-bond acceptors (Lipinski definition) is 2. The summed E-state index contributed by atoms with van der Waals surface area (Å²) in [4.78, 5) is 0. The molecule has 1 aliphatic rings. The minimum absolute atomic E-state index is 0.262. The van der Waals surface area contributed by atoms with Crippen LogP contribution in [0.5, 0.6) is 11.5 Å². The van der Waals surface area contributed by atoms with E-state index in [1.54, 1.807) is 12.1 Å². The summed E-state index contributed by atoms with van der Waals surface area (Å²) in [5.41, 5.74) is 14.1. The van der Waals surface area contributed by atoms with Gasteiger partial charge in [0.15, 0.2) is 0 Å². The molecular formula is C51H42O2. The first-order valence-corrected chi connectivity index (χ1v) is 18.9. The van der Waals surface area contributed by atoms with Crippen molar-refractivity contribution in [1.82, 2.24) is 0 Å². The number of fused-ring (bicyclic) bond motifs is 5. The second-order valence-electron chi connectivity index (χ2n) is 14.7. The van der Waals surface area contributed by atoms with Crippen molar-refractivity contribution in [2.45, 2.75) is 44.9 Å². The zero-order valence-corrected chi connectivity index (χ0v) is 30.2. The molecule has 53 heavy (non-hydrogen) atoms. The highest BCUT2D eigenvalue weighted by molar-refractivity contribution is 5.94. The van der Waals surface area contributed by atoms with E-state index in [-0.39, 0.29) is 11.5 Å². The van der Waals surface area contributed by atoms with Crippen LogP contribution in [0.15, 0.2) is 158 Å². The average molecular weight is 687 g/mol. The third-order valence-corrected chi connectivity index (χ3v) is 11.3. The molecule has 2 N–H and O–H groups in total. The Labute approximate surface area is 311 Å². The van der Waals surface area contributed by atoms with Gasteiger partial charge in [-0.1, -0.05) is 136 Å². The summed E-state index contributed by atoms with van der Waals surface area (Å²) in [6, 6.07) is 56.9. The van der Waals surface area contributed by atoms with Gasteiger partial charge in [-0.2, -0.15) is 0 Å². The molecule has 0 aliphatic heterocycles. The van der Waals surface area contributed by atoms with Crippen molar-refractivity contribution in [3.05, 3.63) is 191 Å². The molecule has 8 aromatic carbocycles. The molecule has 0 unspecified atom stereocenters. The van der Waals surface area contributed by atoms with E-state index >= 15 is 0 Å². The van der Waals surface area contributed by atoms with E-state index in [1.807, 2.05) is 24.3 Å². The van der Waals surface area contributed by atoms with Crippen molar-refractivity contribution in [2.24, 2.45) is 0 Å². The van der Waals surface area contributed by atoms with Crippen LogP contribution in [0.1, 0.15) is 60.1 Å².